The number of amides is 1. The van der Waals surface area contributed by atoms with Crippen molar-refractivity contribution in [2.24, 2.45) is 0 Å². The van der Waals surface area contributed by atoms with E-state index in [4.69, 9.17) is 18.9 Å². The molecule has 13 heteroatoms. The Hall–Kier alpha value is -4.07. The molecule has 1 aliphatic rings. The van der Waals surface area contributed by atoms with E-state index in [2.05, 4.69) is 5.32 Å². The van der Waals surface area contributed by atoms with Gasteiger partial charge in [0.15, 0.2) is 6.73 Å². The maximum atomic E-state index is 14.5. The van der Waals surface area contributed by atoms with Crippen LogP contribution in [0.5, 0.6) is 0 Å². The first-order valence-corrected chi connectivity index (χ1v) is 12.9. The van der Waals surface area contributed by atoms with Gasteiger partial charge in [0.1, 0.15) is 24.5 Å². The third kappa shape index (κ3) is 7.57. The van der Waals surface area contributed by atoms with Crippen molar-refractivity contribution in [2.45, 2.75) is 64.6 Å². The molecule has 3 atom stereocenters. The van der Waals surface area contributed by atoms with E-state index in [1.807, 2.05) is 42.5 Å². The number of hydrogen-bond donors (Lipinski definition) is 2. The zero-order chi connectivity index (χ0) is 29.7. The number of nitrogens with zero attached hydrogens (tertiary/aromatic N) is 2. The second-order valence-electron chi connectivity index (χ2n) is 10.5. The summed E-state index contributed by atoms with van der Waals surface area (Å²) in [5, 5.41) is 14.1. The topological polar surface area (TPSA) is 147 Å². The molecule has 0 bridgehead atoms. The van der Waals surface area contributed by atoms with Crippen molar-refractivity contribution in [2.75, 3.05) is 13.2 Å². The number of alkyl carbamates (subject to hydrolysis) is 1. The maximum absolute atomic E-state index is 14.5. The van der Waals surface area contributed by atoms with Crippen LogP contribution in [0.1, 0.15) is 39.0 Å². The predicted molar refractivity (Wildman–Crippen MR) is 143 cm³/mol. The number of carbonyl (C=O) groups excluding carboxylic acids is 2. The molecule has 0 aliphatic carbocycles. The average Bonchev–Trinajstić information content (AvgIpc) is 3.34. The number of aliphatic hydroxyl groups excluding tert-OH is 1. The first-order chi connectivity index (χ1) is 19.4. The van der Waals surface area contributed by atoms with Crippen LogP contribution in [0.2, 0.25) is 0 Å². The van der Waals surface area contributed by atoms with Gasteiger partial charge in [-0.2, -0.15) is 4.39 Å². The van der Waals surface area contributed by atoms with Crippen molar-refractivity contribution >= 4 is 22.8 Å². The minimum atomic E-state index is -1.31. The lowest BCUT2D eigenvalue weighted by atomic mass is 10.1. The van der Waals surface area contributed by atoms with Gasteiger partial charge >= 0.3 is 17.8 Å². The number of aromatic nitrogens is 2. The van der Waals surface area contributed by atoms with Crippen molar-refractivity contribution in [3.63, 3.8) is 0 Å². The van der Waals surface area contributed by atoms with E-state index in [-0.39, 0.29) is 13.0 Å². The molecule has 0 spiro atoms. The fourth-order valence-corrected chi connectivity index (χ4v) is 4.30. The molecule has 2 N–H and O–H groups in total. The lowest BCUT2D eigenvalue weighted by Gasteiger charge is -2.19. The number of hydrogen-bond acceptors (Lipinski definition) is 9. The van der Waals surface area contributed by atoms with Crippen molar-refractivity contribution in [1.82, 2.24) is 14.5 Å². The molecule has 0 saturated carbocycles. The Morgan fingerprint density at radius 3 is 2.59 bits per heavy atom. The molecule has 12 nitrogen and oxygen atoms in total. The minimum Gasteiger partial charge on any atom is -0.444 e. The van der Waals surface area contributed by atoms with Crippen molar-refractivity contribution < 1.29 is 38.0 Å². The van der Waals surface area contributed by atoms with E-state index < -0.39 is 73.0 Å². The smallest absolute Gasteiger partial charge is 0.408 e. The summed E-state index contributed by atoms with van der Waals surface area (Å²) >= 11 is 0. The number of fused-ring (bicyclic) bond motifs is 1. The number of ether oxygens (including phenoxy) is 4. The molecule has 0 unspecified atom stereocenters. The molecular formula is C28H32FN3O9. The molecule has 1 amide bonds. The lowest BCUT2D eigenvalue weighted by Crippen LogP contribution is -2.44. The van der Waals surface area contributed by atoms with Crippen LogP contribution in [0.25, 0.3) is 10.8 Å². The summed E-state index contributed by atoms with van der Waals surface area (Å²) in [7, 11) is 0. The molecule has 4 rings (SSSR count). The molecule has 0 radical (unpaired) electrons. The molecule has 1 aromatic heterocycles. The number of esters is 1. The normalized spacial score (nSPS) is 18.8. The zero-order valence-electron chi connectivity index (χ0n) is 22.9. The summed E-state index contributed by atoms with van der Waals surface area (Å²) in [6.45, 7) is 3.21. The van der Waals surface area contributed by atoms with Gasteiger partial charge < -0.3 is 29.4 Å². The molecular weight excluding hydrogens is 541 g/mol. The number of benzene rings is 2. The van der Waals surface area contributed by atoms with Gasteiger partial charge in [-0.05, 0) is 43.2 Å². The van der Waals surface area contributed by atoms with Gasteiger partial charge in [0, 0.05) is 6.42 Å². The van der Waals surface area contributed by atoms with Gasteiger partial charge in [-0.25, -0.2) is 14.2 Å². The van der Waals surface area contributed by atoms with E-state index >= 15 is 0 Å². The van der Waals surface area contributed by atoms with Gasteiger partial charge in [-0.15, -0.1) is 0 Å². The Morgan fingerprint density at radius 1 is 1.15 bits per heavy atom. The van der Waals surface area contributed by atoms with Crippen LogP contribution in [-0.2, 0) is 37.1 Å². The Balaban J connectivity index is 1.41. The summed E-state index contributed by atoms with van der Waals surface area (Å²) in [5.74, 6) is -2.27. The molecule has 41 heavy (non-hydrogen) atoms. The van der Waals surface area contributed by atoms with Crippen LogP contribution < -0.4 is 16.6 Å². The minimum absolute atomic E-state index is 0.0793. The first-order valence-electron chi connectivity index (χ1n) is 12.9. The number of rotatable bonds is 9. The quantitative estimate of drug-likeness (QED) is 0.368. The Kier molecular flexibility index (Phi) is 9.21. The van der Waals surface area contributed by atoms with E-state index in [9.17, 15) is 28.7 Å². The Bertz CT molecular complexity index is 1530. The second-order valence-corrected chi connectivity index (χ2v) is 10.5. The van der Waals surface area contributed by atoms with Gasteiger partial charge in [-0.3, -0.25) is 14.2 Å². The highest BCUT2D eigenvalue weighted by molar-refractivity contribution is 5.83. The Morgan fingerprint density at radius 2 is 1.88 bits per heavy atom. The molecule has 220 valence electrons. The van der Waals surface area contributed by atoms with Crippen LogP contribution in [0.15, 0.2) is 58.3 Å². The van der Waals surface area contributed by atoms with Crippen LogP contribution in [0.4, 0.5) is 9.18 Å². The summed E-state index contributed by atoms with van der Waals surface area (Å²) in [5.41, 5.74) is -2.20. The third-order valence-corrected chi connectivity index (χ3v) is 6.23. The largest absolute Gasteiger partial charge is 0.444 e. The van der Waals surface area contributed by atoms with Gasteiger partial charge in [0.05, 0.1) is 25.5 Å². The maximum Gasteiger partial charge on any atom is 0.408 e. The highest BCUT2D eigenvalue weighted by Crippen LogP contribution is 2.30. The molecule has 1 fully saturated rings. The predicted octanol–water partition coefficient (Wildman–Crippen LogP) is 2.19. The third-order valence-electron chi connectivity index (χ3n) is 6.23. The average molecular weight is 574 g/mol. The summed E-state index contributed by atoms with van der Waals surface area (Å²) < 4.78 is 37.4. The van der Waals surface area contributed by atoms with E-state index in [1.54, 1.807) is 20.8 Å². The van der Waals surface area contributed by atoms with Crippen LogP contribution in [-0.4, -0.2) is 57.3 Å². The van der Waals surface area contributed by atoms with E-state index in [0.717, 1.165) is 20.9 Å². The summed E-state index contributed by atoms with van der Waals surface area (Å²) in [6.07, 6.45) is -2.59. The molecule has 3 aromatic rings. The number of carbonyl (C=O) groups is 2. The molecule has 2 aromatic carbocycles. The number of aliphatic hydroxyl groups is 1. The van der Waals surface area contributed by atoms with Gasteiger partial charge in [0.2, 0.25) is 5.82 Å². The SMILES string of the molecule is CC(C)(C)OC(=O)NCC(=O)OCn1c(=O)c(F)cn([C@H]2C[C@H](OCc3ccc4ccccc4c3)[C@@H](CO)O2)c1=O. The molecule has 2 heterocycles. The molecule has 1 saturated heterocycles. The number of nitrogens with one attached hydrogen (secondary N) is 1. The van der Waals surface area contributed by atoms with Crippen molar-refractivity contribution in [1.29, 1.82) is 0 Å². The standard InChI is InChI=1S/C28H32FN3O9/c1-28(2,3)41-26(36)30-12-24(34)39-16-32-25(35)20(29)13-31(27(32)37)23-11-21(22(14-33)40-23)38-15-17-8-9-18-6-4-5-7-19(18)10-17/h4-10,13,21-23,33H,11-12,14-16H2,1-3H3,(H,30,36)/t21-,22+,23+/m0/s1. The number of halogens is 1. The molecule has 1 aliphatic heterocycles. The van der Waals surface area contributed by atoms with E-state index in [0.29, 0.717) is 10.8 Å². The lowest BCUT2D eigenvalue weighted by molar-refractivity contribution is -0.146. The Labute approximate surface area is 234 Å². The zero-order valence-corrected chi connectivity index (χ0v) is 22.9. The first kappa shape index (κ1) is 29.9. The van der Waals surface area contributed by atoms with E-state index in [1.165, 1.54) is 0 Å². The monoisotopic (exact) mass is 573 g/mol. The van der Waals surface area contributed by atoms with Crippen LogP contribution >= 0.6 is 0 Å². The fraction of sp³-hybridized carbons (Fsp3) is 0.429. The van der Waals surface area contributed by atoms with Crippen LogP contribution in [0.3, 0.4) is 0 Å². The van der Waals surface area contributed by atoms with Crippen LogP contribution in [0, 0.1) is 5.82 Å². The van der Waals surface area contributed by atoms with Crippen molar-refractivity contribution in [3.05, 3.63) is 80.9 Å². The summed E-state index contributed by atoms with van der Waals surface area (Å²) in [4.78, 5) is 49.1. The second kappa shape index (κ2) is 12.6. The highest BCUT2D eigenvalue weighted by Gasteiger charge is 2.37. The fourth-order valence-electron chi connectivity index (χ4n) is 4.30. The summed E-state index contributed by atoms with van der Waals surface area (Å²) in [6, 6.07) is 13.7. The van der Waals surface area contributed by atoms with Gasteiger partial charge in [0.25, 0.3) is 5.56 Å². The van der Waals surface area contributed by atoms with Gasteiger partial charge in [-0.1, -0.05) is 36.4 Å². The van der Waals surface area contributed by atoms with Crippen molar-refractivity contribution in [3.8, 4) is 0 Å². The highest BCUT2D eigenvalue weighted by atomic mass is 19.1.